The zero-order valence-corrected chi connectivity index (χ0v) is 19.1. The Kier molecular flexibility index (Phi) is 5.09. The molecule has 1 fully saturated rings. The largest absolute Gasteiger partial charge is 0.372 e. The molecule has 0 saturated carbocycles. The molecular weight excluding hydrogens is 398 g/mol. The summed E-state index contributed by atoms with van der Waals surface area (Å²) in [6.45, 7) is 10.1. The van der Waals surface area contributed by atoms with Crippen LogP contribution in [0.5, 0.6) is 0 Å². The van der Waals surface area contributed by atoms with E-state index in [4.69, 9.17) is 9.72 Å². The summed E-state index contributed by atoms with van der Waals surface area (Å²) < 4.78 is 5.77. The fraction of sp³-hybridized carbons (Fsp3) is 0.370. The molecule has 1 amide bonds. The predicted octanol–water partition coefficient (Wildman–Crippen LogP) is 5.45. The molecule has 5 heteroatoms. The van der Waals surface area contributed by atoms with Crippen molar-refractivity contribution >= 4 is 11.7 Å². The number of amides is 1. The van der Waals surface area contributed by atoms with Crippen molar-refractivity contribution in [3.05, 3.63) is 77.0 Å². The Labute approximate surface area is 189 Å². The number of hydrogen-bond acceptors (Lipinski definition) is 4. The van der Waals surface area contributed by atoms with Crippen molar-refractivity contribution in [2.24, 2.45) is 5.41 Å². The van der Waals surface area contributed by atoms with Crippen LogP contribution in [-0.2, 0) is 22.5 Å². The van der Waals surface area contributed by atoms with E-state index < -0.39 is 0 Å². The SMILES string of the molecule is CC(C)c1ccccc1-c1ncc2c(n1)N(Cc1ccc(C3OCC3(C)C)cc1)C(=O)C2. The molecule has 0 aliphatic carbocycles. The number of hydrogen-bond donors (Lipinski definition) is 0. The van der Waals surface area contributed by atoms with E-state index in [1.54, 1.807) is 4.90 Å². The number of ether oxygens (including phenoxy) is 1. The number of aromatic nitrogens is 2. The van der Waals surface area contributed by atoms with Gasteiger partial charge >= 0.3 is 0 Å². The van der Waals surface area contributed by atoms with Crippen LogP contribution in [0.2, 0.25) is 0 Å². The number of rotatable bonds is 5. The van der Waals surface area contributed by atoms with E-state index >= 15 is 0 Å². The van der Waals surface area contributed by atoms with Crippen molar-refractivity contribution in [3.63, 3.8) is 0 Å². The minimum absolute atomic E-state index is 0.0659. The second kappa shape index (κ2) is 7.82. The van der Waals surface area contributed by atoms with Crippen LogP contribution >= 0.6 is 0 Å². The van der Waals surface area contributed by atoms with Gasteiger partial charge in [0.25, 0.3) is 0 Å². The van der Waals surface area contributed by atoms with Gasteiger partial charge in [0.15, 0.2) is 5.82 Å². The highest BCUT2D eigenvalue weighted by molar-refractivity contribution is 6.00. The maximum absolute atomic E-state index is 12.8. The molecule has 1 saturated heterocycles. The van der Waals surface area contributed by atoms with Crippen molar-refractivity contribution in [2.45, 2.75) is 52.7 Å². The molecule has 2 aromatic carbocycles. The van der Waals surface area contributed by atoms with E-state index in [0.717, 1.165) is 29.1 Å². The third-order valence-corrected chi connectivity index (χ3v) is 6.52. The van der Waals surface area contributed by atoms with Crippen LogP contribution in [-0.4, -0.2) is 22.5 Å². The zero-order valence-electron chi connectivity index (χ0n) is 19.1. The molecule has 0 N–H and O–H groups in total. The summed E-state index contributed by atoms with van der Waals surface area (Å²) in [5.74, 6) is 1.83. The molecule has 2 aliphatic heterocycles. The lowest BCUT2D eigenvalue weighted by Crippen LogP contribution is -2.40. The zero-order chi connectivity index (χ0) is 22.5. The minimum atomic E-state index is 0.0659. The third-order valence-electron chi connectivity index (χ3n) is 6.52. The summed E-state index contributed by atoms with van der Waals surface area (Å²) in [7, 11) is 0. The highest BCUT2D eigenvalue weighted by atomic mass is 16.5. The first kappa shape index (κ1) is 20.8. The van der Waals surface area contributed by atoms with E-state index in [2.05, 4.69) is 69.1 Å². The second-order valence-corrected chi connectivity index (χ2v) is 9.86. The van der Waals surface area contributed by atoms with Crippen LogP contribution in [0.4, 0.5) is 5.82 Å². The monoisotopic (exact) mass is 427 g/mol. The Morgan fingerprint density at radius 3 is 2.53 bits per heavy atom. The Balaban J connectivity index is 1.42. The fourth-order valence-corrected chi connectivity index (χ4v) is 4.66. The highest BCUT2D eigenvalue weighted by Gasteiger charge is 2.41. The Morgan fingerprint density at radius 2 is 1.88 bits per heavy atom. The summed E-state index contributed by atoms with van der Waals surface area (Å²) in [6.07, 6.45) is 2.30. The standard InChI is InChI=1S/C27H29N3O2/c1-17(2)21-7-5-6-8-22(21)25-28-14-20-13-23(31)30(26(20)29-25)15-18-9-11-19(12-10-18)24-27(3,4)16-32-24/h5-12,14,17,24H,13,15-16H2,1-4H3. The number of carbonyl (C=O) groups is 1. The summed E-state index contributed by atoms with van der Waals surface area (Å²) >= 11 is 0. The van der Waals surface area contributed by atoms with E-state index in [-0.39, 0.29) is 17.4 Å². The molecule has 1 atom stereocenters. The van der Waals surface area contributed by atoms with E-state index in [1.165, 1.54) is 11.1 Å². The van der Waals surface area contributed by atoms with Crippen LogP contribution in [0.3, 0.4) is 0 Å². The highest BCUT2D eigenvalue weighted by Crippen LogP contribution is 2.45. The molecule has 3 heterocycles. The van der Waals surface area contributed by atoms with Gasteiger partial charge in [0.05, 0.1) is 25.7 Å². The van der Waals surface area contributed by atoms with Gasteiger partial charge in [-0.1, -0.05) is 76.2 Å². The quantitative estimate of drug-likeness (QED) is 0.543. The molecule has 0 bridgehead atoms. The molecule has 0 spiro atoms. The van der Waals surface area contributed by atoms with Crippen LogP contribution in [0.1, 0.15) is 62.0 Å². The number of fused-ring (bicyclic) bond motifs is 1. The summed E-state index contributed by atoms with van der Waals surface area (Å²) in [5, 5.41) is 0. The van der Waals surface area contributed by atoms with Gasteiger partial charge in [-0.2, -0.15) is 0 Å². The van der Waals surface area contributed by atoms with Crippen LogP contribution in [0.25, 0.3) is 11.4 Å². The minimum Gasteiger partial charge on any atom is -0.372 e. The molecule has 1 aromatic heterocycles. The normalized spacial score (nSPS) is 19.2. The average molecular weight is 428 g/mol. The maximum atomic E-state index is 12.8. The third kappa shape index (κ3) is 3.61. The van der Waals surface area contributed by atoms with Crippen molar-refractivity contribution in [1.29, 1.82) is 0 Å². The maximum Gasteiger partial charge on any atom is 0.233 e. The number of carbonyl (C=O) groups excluding carboxylic acids is 1. The topological polar surface area (TPSA) is 55.3 Å². The van der Waals surface area contributed by atoms with E-state index in [9.17, 15) is 4.79 Å². The van der Waals surface area contributed by atoms with Gasteiger partial charge in [0.2, 0.25) is 5.91 Å². The van der Waals surface area contributed by atoms with Crippen molar-refractivity contribution in [1.82, 2.24) is 9.97 Å². The first-order chi connectivity index (χ1) is 15.3. The molecule has 1 unspecified atom stereocenters. The lowest BCUT2D eigenvalue weighted by Gasteiger charge is -2.44. The van der Waals surface area contributed by atoms with Gasteiger partial charge in [-0.3, -0.25) is 9.69 Å². The fourth-order valence-electron chi connectivity index (χ4n) is 4.66. The van der Waals surface area contributed by atoms with E-state index in [0.29, 0.717) is 24.7 Å². The van der Waals surface area contributed by atoms with Gasteiger partial charge in [0.1, 0.15) is 5.82 Å². The van der Waals surface area contributed by atoms with Gasteiger partial charge in [-0.25, -0.2) is 9.97 Å². The molecule has 0 radical (unpaired) electrons. The molecular formula is C27H29N3O2. The molecule has 5 nitrogen and oxygen atoms in total. The van der Waals surface area contributed by atoms with Crippen molar-refractivity contribution < 1.29 is 9.53 Å². The first-order valence-electron chi connectivity index (χ1n) is 11.3. The Bertz CT molecular complexity index is 1170. The number of benzene rings is 2. The van der Waals surface area contributed by atoms with Crippen LogP contribution < -0.4 is 4.90 Å². The molecule has 5 rings (SSSR count). The van der Waals surface area contributed by atoms with E-state index in [1.807, 2.05) is 18.3 Å². The molecule has 2 aliphatic rings. The van der Waals surface area contributed by atoms with Crippen molar-refractivity contribution in [3.8, 4) is 11.4 Å². The Hall–Kier alpha value is -3.05. The predicted molar refractivity (Wildman–Crippen MR) is 125 cm³/mol. The van der Waals surface area contributed by atoms with Crippen LogP contribution in [0, 0.1) is 5.41 Å². The Morgan fingerprint density at radius 1 is 1.12 bits per heavy atom. The molecule has 164 valence electrons. The van der Waals surface area contributed by atoms with Gasteiger partial charge in [-0.05, 0) is 22.6 Å². The van der Waals surface area contributed by atoms with Gasteiger partial charge < -0.3 is 4.74 Å². The summed E-state index contributed by atoms with van der Waals surface area (Å²) in [6, 6.07) is 16.6. The van der Waals surface area contributed by atoms with Crippen molar-refractivity contribution in [2.75, 3.05) is 11.5 Å². The molecule has 3 aromatic rings. The summed E-state index contributed by atoms with van der Waals surface area (Å²) in [5.41, 5.74) is 5.56. The van der Waals surface area contributed by atoms with Crippen LogP contribution in [0.15, 0.2) is 54.7 Å². The molecule has 32 heavy (non-hydrogen) atoms. The number of nitrogens with zero attached hydrogens (tertiary/aromatic N) is 3. The van der Waals surface area contributed by atoms with Gasteiger partial charge in [0, 0.05) is 22.7 Å². The lowest BCUT2D eigenvalue weighted by atomic mass is 9.79. The lowest BCUT2D eigenvalue weighted by molar-refractivity contribution is -0.172. The smallest absolute Gasteiger partial charge is 0.233 e. The first-order valence-corrected chi connectivity index (χ1v) is 11.3. The second-order valence-electron chi connectivity index (χ2n) is 9.86. The average Bonchev–Trinajstić information content (AvgIpc) is 3.08. The number of anilines is 1. The summed E-state index contributed by atoms with van der Waals surface area (Å²) in [4.78, 5) is 24.1. The van der Waals surface area contributed by atoms with Gasteiger partial charge in [-0.15, -0.1) is 0 Å².